The van der Waals surface area contributed by atoms with Gasteiger partial charge in [-0.15, -0.1) is 0 Å². The second-order valence-corrected chi connectivity index (χ2v) is 4.85. The molecule has 0 spiro atoms. The molecular weight excluding hydrogens is 240 g/mol. The summed E-state index contributed by atoms with van der Waals surface area (Å²) in [5.41, 5.74) is -0.777. The van der Waals surface area contributed by atoms with Crippen molar-refractivity contribution in [1.82, 2.24) is 10.6 Å². The van der Waals surface area contributed by atoms with Crippen molar-refractivity contribution < 1.29 is 25.6 Å². The normalized spacial score (nSPS) is 15.1. The number of amides is 2. The van der Waals surface area contributed by atoms with Gasteiger partial charge in [0, 0.05) is 0 Å². The van der Waals surface area contributed by atoms with E-state index < -0.39 is 35.7 Å². The molecule has 2 amide bonds. The van der Waals surface area contributed by atoms with Gasteiger partial charge >= 0.3 is 12.1 Å². The lowest BCUT2D eigenvalue weighted by molar-refractivity contribution is -0.141. The molecule has 0 saturated heterocycles. The van der Waals surface area contributed by atoms with E-state index in [-0.39, 0.29) is 0 Å². The molecule has 18 heavy (non-hydrogen) atoms. The molecule has 2 atom stereocenters. The van der Waals surface area contributed by atoms with Crippen LogP contribution >= 0.6 is 0 Å². The first-order chi connectivity index (χ1) is 8.45. The molecule has 3 N–H and O–H groups in total. The zero-order valence-corrected chi connectivity index (χ0v) is 11.2. The molecular formula is C11H20N2O5. The minimum Gasteiger partial charge on any atom is -0.480 e. The van der Waals surface area contributed by atoms with Crippen LogP contribution in [0.2, 0.25) is 1.41 Å². The summed E-state index contributed by atoms with van der Waals surface area (Å²) in [6.45, 7) is 7.50. The number of hydrogen-bond donors (Lipinski definition) is 3. The molecule has 0 heterocycles. The molecule has 7 heteroatoms. The van der Waals surface area contributed by atoms with Crippen molar-refractivity contribution in [2.75, 3.05) is 0 Å². The fraction of sp³-hybridized carbons (Fsp3) is 0.727. The minimum absolute atomic E-state index is 0.370. The first-order valence-corrected chi connectivity index (χ1v) is 5.50. The lowest BCUT2D eigenvalue weighted by atomic mass is 10.2. The molecule has 7 nitrogen and oxygen atoms in total. The van der Waals surface area contributed by atoms with Crippen LogP contribution in [0.15, 0.2) is 0 Å². The molecule has 0 fully saturated rings. The second kappa shape index (κ2) is 6.23. The number of nitrogens with one attached hydrogen (secondary N) is 2. The maximum Gasteiger partial charge on any atom is 0.408 e. The van der Waals surface area contributed by atoms with Crippen LogP contribution in [0.5, 0.6) is 0 Å². The topological polar surface area (TPSA) is 105 Å². The highest BCUT2D eigenvalue weighted by atomic mass is 16.6. The quantitative estimate of drug-likeness (QED) is 0.683. The van der Waals surface area contributed by atoms with Crippen LogP contribution in [0.4, 0.5) is 4.79 Å². The van der Waals surface area contributed by atoms with Crippen LogP contribution in [0.3, 0.4) is 0 Å². The number of carbonyl (C=O) groups is 3. The van der Waals surface area contributed by atoms with Crippen molar-refractivity contribution >= 4 is 18.0 Å². The van der Waals surface area contributed by atoms with Crippen LogP contribution in [-0.4, -0.2) is 40.8 Å². The molecule has 0 aromatic heterocycles. The first kappa shape index (κ1) is 14.3. The van der Waals surface area contributed by atoms with Crippen molar-refractivity contribution in [3.05, 3.63) is 0 Å². The molecule has 0 aliphatic carbocycles. The van der Waals surface area contributed by atoms with E-state index in [1.54, 1.807) is 20.8 Å². The summed E-state index contributed by atoms with van der Waals surface area (Å²) in [7, 11) is 0. The van der Waals surface area contributed by atoms with Crippen molar-refractivity contribution in [2.45, 2.75) is 52.3 Å². The molecule has 0 rings (SSSR count). The van der Waals surface area contributed by atoms with Crippen LogP contribution < -0.4 is 10.6 Å². The van der Waals surface area contributed by atoms with E-state index in [0.717, 1.165) is 0 Å². The van der Waals surface area contributed by atoms with Gasteiger partial charge in [-0.05, 0) is 34.6 Å². The fourth-order valence-corrected chi connectivity index (χ4v) is 0.901. The van der Waals surface area contributed by atoms with E-state index in [0.29, 0.717) is 5.31 Å². The third-order valence-electron chi connectivity index (χ3n) is 1.80. The van der Waals surface area contributed by atoms with Gasteiger partial charge in [-0.25, -0.2) is 4.79 Å². The number of ether oxygens (including phenoxy) is 1. The minimum atomic E-state index is -1.20. The van der Waals surface area contributed by atoms with Gasteiger partial charge in [0.2, 0.25) is 5.91 Å². The van der Waals surface area contributed by atoms with Gasteiger partial charge in [0.15, 0.2) is 1.41 Å². The predicted octanol–water partition coefficient (Wildman–Crippen LogP) is 0.489. The summed E-state index contributed by atoms with van der Waals surface area (Å²) >= 11 is 0. The van der Waals surface area contributed by atoms with Crippen LogP contribution in [0.1, 0.15) is 34.6 Å². The second-order valence-electron chi connectivity index (χ2n) is 4.85. The van der Waals surface area contributed by atoms with E-state index in [4.69, 9.17) is 11.3 Å². The van der Waals surface area contributed by atoms with Crippen molar-refractivity contribution in [2.24, 2.45) is 0 Å². The van der Waals surface area contributed by atoms with E-state index in [1.807, 2.05) is 0 Å². The lowest BCUT2D eigenvalue weighted by Gasteiger charge is -2.22. The number of hydrogen-bond acceptors (Lipinski definition) is 4. The zero-order chi connectivity index (χ0) is 15.4. The molecule has 0 saturated carbocycles. The summed E-state index contributed by atoms with van der Waals surface area (Å²) < 4.78 is 12.4. The SMILES string of the molecule is [2H]N(C(=O)OC(C)(C)C)[C@H](C)C(=O)N[C@@H](C)C(=O)O. The Bertz CT molecular complexity index is 367. The third-order valence-corrected chi connectivity index (χ3v) is 1.80. The Kier molecular flexibility index (Phi) is 4.94. The molecule has 0 aromatic carbocycles. The first-order valence-electron chi connectivity index (χ1n) is 5.94. The Labute approximate surface area is 107 Å². The van der Waals surface area contributed by atoms with Crippen LogP contribution in [-0.2, 0) is 14.3 Å². The third kappa shape index (κ3) is 6.72. The molecule has 104 valence electrons. The van der Waals surface area contributed by atoms with Gasteiger partial charge in [0.1, 0.15) is 17.7 Å². The molecule has 0 aliphatic rings. The van der Waals surface area contributed by atoms with E-state index >= 15 is 0 Å². The maximum atomic E-state index is 11.6. The molecule has 0 unspecified atom stereocenters. The maximum absolute atomic E-state index is 11.6. The van der Waals surface area contributed by atoms with E-state index in [9.17, 15) is 14.4 Å². The Morgan fingerprint density at radius 2 is 1.72 bits per heavy atom. The predicted molar refractivity (Wildman–Crippen MR) is 64.1 cm³/mol. The molecule has 0 radical (unpaired) electrons. The zero-order valence-electron chi connectivity index (χ0n) is 12.2. The Hall–Kier alpha value is -1.79. The van der Waals surface area contributed by atoms with Crippen molar-refractivity contribution in [3.63, 3.8) is 0 Å². The van der Waals surface area contributed by atoms with Crippen LogP contribution in [0.25, 0.3) is 0 Å². The van der Waals surface area contributed by atoms with Gasteiger partial charge in [-0.1, -0.05) is 0 Å². The van der Waals surface area contributed by atoms with Crippen LogP contribution in [0, 0.1) is 0 Å². The van der Waals surface area contributed by atoms with Gasteiger partial charge in [0.25, 0.3) is 0 Å². The van der Waals surface area contributed by atoms with Gasteiger partial charge < -0.3 is 20.5 Å². The smallest absolute Gasteiger partial charge is 0.408 e. The number of rotatable bonds is 4. The van der Waals surface area contributed by atoms with Crippen molar-refractivity contribution in [3.8, 4) is 0 Å². The number of aliphatic carboxylic acids is 1. The van der Waals surface area contributed by atoms with E-state index in [1.165, 1.54) is 13.8 Å². The summed E-state index contributed by atoms with van der Waals surface area (Å²) in [5, 5.41) is 11.2. The lowest BCUT2D eigenvalue weighted by Crippen LogP contribution is -2.50. The van der Waals surface area contributed by atoms with Gasteiger partial charge in [0.05, 0.1) is 0 Å². The Balaban J connectivity index is 4.56. The highest BCUT2D eigenvalue weighted by Crippen LogP contribution is 2.06. The van der Waals surface area contributed by atoms with E-state index in [2.05, 4.69) is 5.32 Å². The summed E-state index contributed by atoms with van der Waals surface area (Å²) in [4.78, 5) is 33.8. The van der Waals surface area contributed by atoms with Gasteiger partial charge in [-0.3, -0.25) is 9.59 Å². The highest BCUT2D eigenvalue weighted by Gasteiger charge is 2.23. The Morgan fingerprint density at radius 3 is 2.11 bits per heavy atom. The number of carboxylic acid groups (broad SMARTS) is 1. The average molecular weight is 261 g/mol. The highest BCUT2D eigenvalue weighted by molar-refractivity contribution is 5.88. The number of carbonyl (C=O) groups excluding carboxylic acids is 2. The average Bonchev–Trinajstić information content (AvgIpc) is 2.24. The number of carboxylic acids is 1. The molecule has 0 aromatic rings. The standard InChI is InChI=1S/C11H20N2O5/c1-6(8(14)12-7(2)9(15)16)13-10(17)18-11(3,4)5/h6-7H,1-5H3,(H,12,14)(H,13,17)(H,15,16)/t6-,7+/m1/s1/i/hD. The monoisotopic (exact) mass is 261 g/mol. The number of alkyl carbamates (subject to hydrolysis) is 1. The Morgan fingerprint density at radius 1 is 1.22 bits per heavy atom. The van der Waals surface area contributed by atoms with Crippen molar-refractivity contribution in [1.29, 1.82) is 0 Å². The summed E-state index contributed by atoms with van der Waals surface area (Å²) in [6.07, 6.45) is -0.974. The molecule has 0 aliphatic heterocycles. The molecule has 0 bridgehead atoms. The summed E-state index contributed by atoms with van der Waals surface area (Å²) in [5.74, 6) is -1.94. The summed E-state index contributed by atoms with van der Waals surface area (Å²) in [6, 6.07) is -2.25. The van der Waals surface area contributed by atoms with Gasteiger partial charge in [-0.2, -0.15) is 0 Å². The largest absolute Gasteiger partial charge is 0.480 e. The fourth-order valence-electron chi connectivity index (χ4n) is 0.901.